The van der Waals surface area contributed by atoms with Crippen LogP contribution in [-0.4, -0.2) is 36.7 Å². The standard InChI is InChI=1S/C10H17N3O3S/c1-10(2,3)9-13-12-8(16-9)7-6-17(14,15)5-4-11-7/h7,11H,4-6H2,1-3H3. The SMILES string of the molecule is CC(C)(C)c1nnc(C2CS(=O)(=O)CCN2)o1. The van der Waals surface area contributed by atoms with Gasteiger partial charge in [-0.15, -0.1) is 10.2 Å². The summed E-state index contributed by atoms with van der Waals surface area (Å²) in [4.78, 5) is 0. The summed E-state index contributed by atoms with van der Waals surface area (Å²) in [6.45, 7) is 6.33. The minimum Gasteiger partial charge on any atom is -0.423 e. The van der Waals surface area contributed by atoms with Crippen molar-refractivity contribution in [3.8, 4) is 0 Å². The average molecular weight is 259 g/mol. The molecule has 1 fully saturated rings. The molecule has 7 heteroatoms. The number of sulfone groups is 1. The highest BCUT2D eigenvalue weighted by atomic mass is 32.2. The average Bonchev–Trinajstić information content (AvgIpc) is 2.63. The third kappa shape index (κ3) is 2.84. The number of hydrogen-bond donors (Lipinski definition) is 1. The fraction of sp³-hybridized carbons (Fsp3) is 0.800. The fourth-order valence-electron chi connectivity index (χ4n) is 1.62. The van der Waals surface area contributed by atoms with Crippen molar-refractivity contribution < 1.29 is 12.8 Å². The monoisotopic (exact) mass is 259 g/mol. The summed E-state index contributed by atoms with van der Waals surface area (Å²) in [6, 6.07) is -0.377. The summed E-state index contributed by atoms with van der Waals surface area (Å²) in [7, 11) is -3.00. The lowest BCUT2D eigenvalue weighted by Gasteiger charge is -2.20. The van der Waals surface area contributed by atoms with Gasteiger partial charge in [0.05, 0.1) is 11.5 Å². The van der Waals surface area contributed by atoms with E-state index < -0.39 is 9.84 Å². The van der Waals surface area contributed by atoms with Crippen LogP contribution in [0.1, 0.15) is 38.6 Å². The third-order valence-corrected chi connectivity index (χ3v) is 4.27. The van der Waals surface area contributed by atoms with Crippen LogP contribution in [0.3, 0.4) is 0 Å². The zero-order valence-electron chi connectivity index (χ0n) is 10.2. The molecule has 0 bridgehead atoms. The topological polar surface area (TPSA) is 85.1 Å². The van der Waals surface area contributed by atoms with E-state index in [1.54, 1.807) is 0 Å². The molecule has 17 heavy (non-hydrogen) atoms. The van der Waals surface area contributed by atoms with Crippen molar-refractivity contribution in [2.24, 2.45) is 0 Å². The molecule has 1 atom stereocenters. The summed E-state index contributed by atoms with van der Waals surface area (Å²) < 4.78 is 28.5. The molecule has 0 amide bonds. The van der Waals surface area contributed by atoms with Gasteiger partial charge in [0, 0.05) is 12.0 Å². The molecule has 0 saturated carbocycles. The lowest BCUT2D eigenvalue weighted by molar-refractivity contribution is 0.344. The first kappa shape index (κ1) is 12.5. The molecule has 0 aliphatic carbocycles. The minimum atomic E-state index is -3.00. The van der Waals surface area contributed by atoms with Gasteiger partial charge in [-0.1, -0.05) is 20.8 Å². The Hall–Kier alpha value is -0.950. The zero-order chi connectivity index (χ0) is 12.7. The molecular weight excluding hydrogens is 242 g/mol. The molecule has 1 aromatic heterocycles. The molecule has 96 valence electrons. The molecule has 1 aliphatic heterocycles. The van der Waals surface area contributed by atoms with Gasteiger partial charge in [-0.25, -0.2) is 8.42 Å². The predicted octanol–water partition coefficient (Wildman–Crippen LogP) is 0.426. The van der Waals surface area contributed by atoms with Gasteiger partial charge in [0.25, 0.3) is 0 Å². The Labute approximate surface area is 101 Å². The van der Waals surface area contributed by atoms with Gasteiger partial charge in [-0.05, 0) is 0 Å². The van der Waals surface area contributed by atoms with Gasteiger partial charge >= 0.3 is 0 Å². The lowest BCUT2D eigenvalue weighted by atomic mass is 9.97. The maximum absolute atomic E-state index is 11.5. The Kier molecular flexibility index (Phi) is 2.99. The molecule has 1 saturated heterocycles. The third-order valence-electron chi connectivity index (χ3n) is 2.60. The Morgan fingerprint density at radius 2 is 2.06 bits per heavy atom. The van der Waals surface area contributed by atoms with E-state index in [0.717, 1.165) is 0 Å². The molecule has 0 radical (unpaired) electrons. The highest BCUT2D eigenvalue weighted by Gasteiger charge is 2.31. The molecule has 2 rings (SSSR count). The summed E-state index contributed by atoms with van der Waals surface area (Å²) in [6.07, 6.45) is 0. The lowest BCUT2D eigenvalue weighted by Crippen LogP contribution is -2.39. The van der Waals surface area contributed by atoms with Crippen molar-refractivity contribution in [3.63, 3.8) is 0 Å². The summed E-state index contributed by atoms with van der Waals surface area (Å²) in [5.41, 5.74) is -0.223. The molecule has 1 unspecified atom stereocenters. The van der Waals surface area contributed by atoms with Crippen LogP contribution < -0.4 is 5.32 Å². The summed E-state index contributed by atoms with van der Waals surface area (Å²) in [5.74, 6) is 1.08. The first-order valence-corrected chi connectivity index (χ1v) is 7.38. The number of aromatic nitrogens is 2. The van der Waals surface area contributed by atoms with Crippen molar-refractivity contribution in [2.75, 3.05) is 18.1 Å². The van der Waals surface area contributed by atoms with Gasteiger partial charge in [-0.2, -0.15) is 0 Å². The second-order valence-corrected chi connectivity index (χ2v) is 7.55. The first-order valence-electron chi connectivity index (χ1n) is 5.56. The van der Waals surface area contributed by atoms with Gasteiger partial charge in [0.15, 0.2) is 9.84 Å². The van der Waals surface area contributed by atoms with Crippen molar-refractivity contribution >= 4 is 9.84 Å². The highest BCUT2D eigenvalue weighted by Crippen LogP contribution is 2.24. The van der Waals surface area contributed by atoms with Crippen molar-refractivity contribution in [2.45, 2.75) is 32.2 Å². The molecule has 1 N–H and O–H groups in total. The Morgan fingerprint density at radius 3 is 2.59 bits per heavy atom. The largest absolute Gasteiger partial charge is 0.423 e. The van der Waals surface area contributed by atoms with E-state index in [4.69, 9.17) is 4.42 Å². The highest BCUT2D eigenvalue weighted by molar-refractivity contribution is 7.91. The normalized spacial score (nSPS) is 24.8. The van der Waals surface area contributed by atoms with E-state index in [1.165, 1.54) is 0 Å². The molecule has 1 aliphatic rings. The van der Waals surface area contributed by atoms with Gasteiger partial charge < -0.3 is 9.73 Å². The van der Waals surface area contributed by atoms with Crippen LogP contribution in [0.25, 0.3) is 0 Å². The van der Waals surface area contributed by atoms with Crippen LogP contribution in [0.5, 0.6) is 0 Å². The molecular formula is C10H17N3O3S. The van der Waals surface area contributed by atoms with E-state index in [2.05, 4.69) is 15.5 Å². The fourth-order valence-corrected chi connectivity index (χ4v) is 2.99. The quantitative estimate of drug-likeness (QED) is 0.787. The molecule has 0 spiro atoms. The molecule has 2 heterocycles. The number of nitrogens with zero attached hydrogens (tertiary/aromatic N) is 2. The van der Waals surface area contributed by atoms with Gasteiger partial charge in [0.2, 0.25) is 11.8 Å². The number of hydrogen-bond acceptors (Lipinski definition) is 6. The Bertz CT molecular complexity index is 501. The van der Waals surface area contributed by atoms with Crippen LogP contribution in [0, 0.1) is 0 Å². The van der Waals surface area contributed by atoms with Crippen molar-refractivity contribution in [1.29, 1.82) is 0 Å². The van der Waals surface area contributed by atoms with E-state index in [1.807, 2.05) is 20.8 Å². The zero-order valence-corrected chi connectivity index (χ0v) is 11.0. The second-order valence-electron chi connectivity index (χ2n) is 5.32. The predicted molar refractivity (Wildman–Crippen MR) is 62.4 cm³/mol. The van der Waals surface area contributed by atoms with E-state index in [-0.39, 0.29) is 23.0 Å². The van der Waals surface area contributed by atoms with Crippen LogP contribution >= 0.6 is 0 Å². The summed E-state index contributed by atoms with van der Waals surface area (Å²) >= 11 is 0. The van der Waals surface area contributed by atoms with Crippen molar-refractivity contribution in [1.82, 2.24) is 15.5 Å². The Morgan fingerprint density at radius 1 is 1.35 bits per heavy atom. The van der Waals surface area contributed by atoms with E-state index in [0.29, 0.717) is 18.3 Å². The number of rotatable bonds is 1. The van der Waals surface area contributed by atoms with Gasteiger partial charge in [0.1, 0.15) is 6.04 Å². The number of nitrogens with one attached hydrogen (secondary N) is 1. The molecule has 0 aromatic carbocycles. The van der Waals surface area contributed by atoms with Crippen molar-refractivity contribution in [3.05, 3.63) is 11.8 Å². The van der Waals surface area contributed by atoms with Gasteiger partial charge in [-0.3, -0.25) is 0 Å². The van der Waals surface area contributed by atoms with Crippen LogP contribution in [0.15, 0.2) is 4.42 Å². The first-order chi connectivity index (χ1) is 7.78. The second kappa shape index (κ2) is 4.06. The van der Waals surface area contributed by atoms with Crippen LogP contribution in [-0.2, 0) is 15.3 Å². The molecule has 6 nitrogen and oxygen atoms in total. The summed E-state index contributed by atoms with van der Waals surface area (Å²) in [5, 5.41) is 11.0. The van der Waals surface area contributed by atoms with E-state index in [9.17, 15) is 8.42 Å². The molecule has 1 aromatic rings. The van der Waals surface area contributed by atoms with Crippen LogP contribution in [0.2, 0.25) is 0 Å². The van der Waals surface area contributed by atoms with E-state index >= 15 is 0 Å². The van der Waals surface area contributed by atoms with Crippen LogP contribution in [0.4, 0.5) is 0 Å². The minimum absolute atomic E-state index is 0.0266. The smallest absolute Gasteiger partial charge is 0.234 e. The maximum Gasteiger partial charge on any atom is 0.234 e. The Balaban J connectivity index is 2.21. The maximum atomic E-state index is 11.5.